The van der Waals surface area contributed by atoms with Crippen LogP contribution in [0.1, 0.15) is 19.2 Å². The average Bonchev–Trinajstić information content (AvgIpc) is 2.33. The van der Waals surface area contributed by atoms with Gasteiger partial charge in [-0.05, 0) is 6.42 Å². The minimum absolute atomic E-state index is 0.565. The van der Waals surface area contributed by atoms with Gasteiger partial charge < -0.3 is 0 Å². The van der Waals surface area contributed by atoms with E-state index >= 15 is 0 Å². The molecule has 1 aromatic rings. The molecule has 1 heterocycles. The van der Waals surface area contributed by atoms with Crippen LogP contribution < -0.4 is 0 Å². The molecule has 0 radical (unpaired) electrons. The number of aryl methyl sites for hydroxylation is 1. The van der Waals surface area contributed by atoms with Crippen LogP contribution in [-0.2, 0) is 6.42 Å². The number of aromatic nitrogens is 2. The van der Waals surface area contributed by atoms with Gasteiger partial charge in [-0.25, -0.2) is 4.98 Å². The molecule has 0 saturated carbocycles. The Kier molecular flexibility index (Phi) is 1.99. The first kappa shape index (κ1) is 7.18. The zero-order chi connectivity index (χ0) is 7.56. The number of alkyl halides is 2. The molecule has 56 valence electrons. The van der Waals surface area contributed by atoms with Gasteiger partial charge in [0.2, 0.25) is 0 Å². The molecular weight excluding hydrogens is 138 g/mol. The van der Waals surface area contributed by atoms with Gasteiger partial charge in [-0.2, -0.15) is 8.78 Å². The largest absolute Gasteiger partial charge is 0.319 e. The van der Waals surface area contributed by atoms with Crippen LogP contribution in [0.5, 0.6) is 0 Å². The number of halogens is 2. The third-order valence-corrected chi connectivity index (χ3v) is 1.32. The van der Waals surface area contributed by atoms with Gasteiger partial charge in [-0.1, -0.05) is 6.92 Å². The molecule has 0 spiro atoms. The van der Waals surface area contributed by atoms with Gasteiger partial charge in [0.15, 0.2) is 0 Å². The second kappa shape index (κ2) is 2.77. The lowest BCUT2D eigenvalue weighted by Crippen LogP contribution is -2.00. The van der Waals surface area contributed by atoms with E-state index in [0.717, 1.165) is 10.9 Å². The number of nitrogens with zero attached hydrogens (tertiary/aromatic N) is 2. The van der Waals surface area contributed by atoms with Gasteiger partial charge in [0, 0.05) is 11.9 Å². The molecule has 0 fully saturated rings. The molecule has 0 aromatic carbocycles. The molecule has 10 heavy (non-hydrogen) atoms. The normalized spacial score (nSPS) is 10.8. The van der Waals surface area contributed by atoms with E-state index in [2.05, 4.69) is 4.98 Å². The smallest absolute Gasteiger partial charge is 0.277 e. The van der Waals surface area contributed by atoms with Crippen molar-refractivity contribution in [3.63, 3.8) is 0 Å². The maximum atomic E-state index is 12.0. The predicted octanol–water partition coefficient (Wildman–Crippen LogP) is 1.84. The summed E-state index contributed by atoms with van der Waals surface area (Å²) < 4.78 is 24.8. The van der Waals surface area contributed by atoms with E-state index < -0.39 is 6.55 Å². The highest BCUT2D eigenvalue weighted by atomic mass is 19.3. The third-order valence-electron chi connectivity index (χ3n) is 1.32. The lowest BCUT2D eigenvalue weighted by molar-refractivity contribution is 0.0674. The summed E-state index contributed by atoms with van der Waals surface area (Å²) in [4.78, 5) is 3.60. The van der Waals surface area contributed by atoms with E-state index in [4.69, 9.17) is 0 Å². The molecule has 4 heteroatoms. The second-order valence-electron chi connectivity index (χ2n) is 1.92. The first-order valence-electron chi connectivity index (χ1n) is 3.04. The Morgan fingerprint density at radius 1 is 1.70 bits per heavy atom. The van der Waals surface area contributed by atoms with Crippen LogP contribution in [-0.4, -0.2) is 9.55 Å². The molecule has 0 N–H and O–H groups in total. The summed E-state index contributed by atoms with van der Waals surface area (Å²) in [5.74, 6) is 0. The van der Waals surface area contributed by atoms with Crippen molar-refractivity contribution >= 4 is 0 Å². The average molecular weight is 146 g/mol. The van der Waals surface area contributed by atoms with Gasteiger partial charge >= 0.3 is 6.55 Å². The summed E-state index contributed by atoms with van der Waals surface area (Å²) in [5, 5.41) is 0. The molecule has 0 aliphatic rings. The van der Waals surface area contributed by atoms with Crippen LogP contribution in [0.25, 0.3) is 0 Å². The van der Waals surface area contributed by atoms with Gasteiger partial charge in [-0.15, -0.1) is 0 Å². The summed E-state index contributed by atoms with van der Waals surface area (Å²) >= 11 is 0. The van der Waals surface area contributed by atoms with Crippen molar-refractivity contribution < 1.29 is 8.78 Å². The van der Waals surface area contributed by atoms with Crippen LogP contribution in [0.2, 0.25) is 0 Å². The van der Waals surface area contributed by atoms with Crippen molar-refractivity contribution in [2.24, 2.45) is 0 Å². The van der Waals surface area contributed by atoms with Gasteiger partial charge in [0.1, 0.15) is 0 Å². The first-order valence-corrected chi connectivity index (χ1v) is 3.04. The van der Waals surface area contributed by atoms with Gasteiger partial charge in [0.25, 0.3) is 0 Å². The lowest BCUT2D eigenvalue weighted by Gasteiger charge is -2.02. The van der Waals surface area contributed by atoms with Gasteiger partial charge in [-0.3, -0.25) is 4.57 Å². The van der Waals surface area contributed by atoms with Gasteiger partial charge in [0.05, 0.1) is 6.33 Å². The highest BCUT2D eigenvalue weighted by Gasteiger charge is 2.07. The number of imidazole rings is 1. The Morgan fingerprint density at radius 2 is 2.40 bits per heavy atom. The van der Waals surface area contributed by atoms with Crippen molar-refractivity contribution in [1.82, 2.24) is 9.55 Å². The Hall–Kier alpha value is -0.930. The molecule has 2 nitrogen and oxygen atoms in total. The Morgan fingerprint density at radius 3 is 2.80 bits per heavy atom. The van der Waals surface area contributed by atoms with Crippen molar-refractivity contribution in [3.05, 3.63) is 18.2 Å². The second-order valence-corrected chi connectivity index (χ2v) is 1.92. The topological polar surface area (TPSA) is 17.8 Å². The van der Waals surface area contributed by atoms with Crippen molar-refractivity contribution in [1.29, 1.82) is 0 Å². The molecule has 1 aromatic heterocycles. The van der Waals surface area contributed by atoms with Crippen LogP contribution >= 0.6 is 0 Å². The van der Waals surface area contributed by atoms with E-state index in [1.807, 2.05) is 6.92 Å². The minimum atomic E-state index is -2.46. The molecular formula is C6H8F2N2. The van der Waals surface area contributed by atoms with E-state index in [0.29, 0.717) is 12.1 Å². The summed E-state index contributed by atoms with van der Waals surface area (Å²) in [7, 11) is 0. The number of rotatable bonds is 2. The Labute approximate surface area is 57.5 Å². The lowest BCUT2D eigenvalue weighted by atomic mass is 10.4. The maximum absolute atomic E-state index is 12.0. The number of hydrogen-bond donors (Lipinski definition) is 0. The van der Waals surface area contributed by atoms with E-state index in [-0.39, 0.29) is 0 Å². The summed E-state index contributed by atoms with van der Waals surface area (Å²) in [5.41, 5.74) is 0.565. The van der Waals surface area contributed by atoms with E-state index in [9.17, 15) is 8.78 Å². The van der Waals surface area contributed by atoms with E-state index in [1.165, 1.54) is 6.20 Å². The highest BCUT2D eigenvalue weighted by molar-refractivity contribution is 4.97. The van der Waals surface area contributed by atoms with Crippen LogP contribution in [0.4, 0.5) is 8.78 Å². The molecule has 0 unspecified atom stereocenters. The van der Waals surface area contributed by atoms with Crippen LogP contribution in [0.15, 0.2) is 12.5 Å². The maximum Gasteiger partial charge on any atom is 0.319 e. The zero-order valence-electron chi connectivity index (χ0n) is 5.59. The molecule has 0 aliphatic carbocycles. The molecule has 0 bridgehead atoms. The minimum Gasteiger partial charge on any atom is -0.277 e. The quantitative estimate of drug-likeness (QED) is 0.622. The van der Waals surface area contributed by atoms with Crippen LogP contribution in [0, 0.1) is 0 Å². The SMILES string of the molecule is CCc1cncn1C(F)F. The van der Waals surface area contributed by atoms with Crippen molar-refractivity contribution in [2.45, 2.75) is 19.9 Å². The molecule has 0 amide bonds. The molecule has 0 saturated heterocycles. The molecule has 0 atom stereocenters. The fourth-order valence-corrected chi connectivity index (χ4v) is 0.782. The van der Waals surface area contributed by atoms with Crippen molar-refractivity contribution in [3.8, 4) is 0 Å². The van der Waals surface area contributed by atoms with Crippen LogP contribution in [0.3, 0.4) is 0 Å². The molecule has 1 rings (SSSR count). The van der Waals surface area contributed by atoms with E-state index in [1.54, 1.807) is 0 Å². The Balaban J connectivity index is 2.90. The fourth-order valence-electron chi connectivity index (χ4n) is 0.782. The zero-order valence-corrected chi connectivity index (χ0v) is 5.59. The third kappa shape index (κ3) is 1.15. The summed E-state index contributed by atoms with van der Waals surface area (Å²) in [6.07, 6.45) is 3.18. The standard InChI is InChI=1S/C6H8F2N2/c1-2-5-3-9-4-10(5)6(7)8/h3-4,6H,2H2,1H3. The predicted molar refractivity (Wildman–Crippen MR) is 32.9 cm³/mol. The van der Waals surface area contributed by atoms with Crippen molar-refractivity contribution in [2.75, 3.05) is 0 Å². The number of hydrogen-bond acceptors (Lipinski definition) is 1. The monoisotopic (exact) mass is 146 g/mol. The Bertz CT molecular complexity index is 207. The molecule has 0 aliphatic heterocycles. The summed E-state index contributed by atoms with van der Waals surface area (Å²) in [6.45, 7) is -0.645. The fraction of sp³-hybridized carbons (Fsp3) is 0.500. The first-order chi connectivity index (χ1) is 4.75. The highest BCUT2D eigenvalue weighted by Crippen LogP contribution is 2.12. The summed E-state index contributed by atoms with van der Waals surface area (Å²) in [6, 6.07) is 0.